The van der Waals surface area contributed by atoms with Crippen molar-refractivity contribution in [2.75, 3.05) is 12.3 Å². The third-order valence-electron chi connectivity index (χ3n) is 4.72. The zero-order valence-corrected chi connectivity index (χ0v) is 15.6. The lowest BCUT2D eigenvalue weighted by Crippen LogP contribution is -2.21. The quantitative estimate of drug-likeness (QED) is 0.560. The smallest absolute Gasteiger partial charge is 0.205 e. The molecule has 1 aliphatic rings. The van der Waals surface area contributed by atoms with Gasteiger partial charge in [-0.1, -0.05) is 44.4 Å². The van der Waals surface area contributed by atoms with Crippen molar-refractivity contribution in [3.63, 3.8) is 0 Å². The number of ether oxygens (including phenoxy) is 2. The molecule has 0 amide bonds. The van der Waals surface area contributed by atoms with E-state index in [0.29, 0.717) is 17.0 Å². The number of hydrogen-bond donors (Lipinski definition) is 2. The summed E-state index contributed by atoms with van der Waals surface area (Å²) in [4.78, 5) is 0. The highest BCUT2D eigenvalue weighted by molar-refractivity contribution is 5.59. The summed E-state index contributed by atoms with van der Waals surface area (Å²) in [6.45, 7) is 2.91. The zero-order valence-electron chi connectivity index (χ0n) is 15.6. The molecule has 1 aliphatic heterocycles. The summed E-state index contributed by atoms with van der Waals surface area (Å²) in [6, 6.07) is 15.4. The van der Waals surface area contributed by atoms with Gasteiger partial charge in [0.1, 0.15) is 23.1 Å². The highest BCUT2D eigenvalue weighted by Gasteiger charge is 2.30. The molecule has 1 atom stereocenters. The monoisotopic (exact) mass is 363 g/mol. The molecule has 27 heavy (non-hydrogen) atoms. The van der Waals surface area contributed by atoms with Crippen LogP contribution in [0.4, 0.5) is 5.69 Å². The molecule has 0 radical (unpaired) electrons. The molecule has 0 unspecified atom stereocenters. The average Bonchev–Trinajstić information content (AvgIpc) is 2.67. The molecule has 4 N–H and O–H groups in total. The van der Waals surface area contributed by atoms with Crippen molar-refractivity contribution in [3.8, 4) is 17.6 Å². The molecular weight excluding hydrogens is 338 g/mol. The Balaban J connectivity index is 1.81. The molecule has 0 spiro atoms. The van der Waals surface area contributed by atoms with Gasteiger partial charge in [0, 0.05) is 17.3 Å². The summed E-state index contributed by atoms with van der Waals surface area (Å²) in [5.74, 6) is 1.26. The summed E-state index contributed by atoms with van der Waals surface area (Å²) in [5, 5.41) is 9.60. The van der Waals surface area contributed by atoms with Crippen LogP contribution >= 0.6 is 0 Å². The Morgan fingerprint density at radius 3 is 2.56 bits per heavy atom. The number of anilines is 1. The molecule has 0 bridgehead atoms. The zero-order chi connectivity index (χ0) is 19.2. The van der Waals surface area contributed by atoms with Crippen LogP contribution in [0.25, 0.3) is 0 Å². The molecule has 1 heterocycles. The minimum absolute atomic E-state index is 0.122. The Bertz CT molecular complexity index is 866. The second kappa shape index (κ2) is 8.50. The Morgan fingerprint density at radius 2 is 1.85 bits per heavy atom. The van der Waals surface area contributed by atoms with Crippen molar-refractivity contribution in [1.29, 1.82) is 5.26 Å². The van der Waals surface area contributed by atoms with Crippen molar-refractivity contribution in [2.24, 2.45) is 5.73 Å². The van der Waals surface area contributed by atoms with E-state index in [-0.39, 0.29) is 11.8 Å². The summed E-state index contributed by atoms with van der Waals surface area (Å²) in [7, 11) is 0. The van der Waals surface area contributed by atoms with E-state index >= 15 is 0 Å². The number of nitrogen functional groups attached to an aromatic ring is 1. The first-order valence-electron chi connectivity index (χ1n) is 9.33. The number of allylic oxidation sites excluding steroid dienone is 1. The van der Waals surface area contributed by atoms with Crippen LogP contribution in [-0.4, -0.2) is 6.61 Å². The van der Waals surface area contributed by atoms with E-state index < -0.39 is 0 Å². The summed E-state index contributed by atoms with van der Waals surface area (Å²) in [5.41, 5.74) is 14.7. The normalized spacial score (nSPS) is 15.6. The molecule has 0 saturated carbocycles. The standard InChI is InChI=1S/C22H25N3O2/c1-2-3-4-5-12-26-17-9-6-15(7-10-17)21-18-11-8-16(24)13-20(18)27-22(25)19(21)14-23/h6-11,13,21H,2-5,12,24-25H2,1H3/t21-/m0/s1. The number of fused-ring (bicyclic) bond motifs is 1. The molecule has 5 nitrogen and oxygen atoms in total. The van der Waals surface area contributed by atoms with Gasteiger partial charge in [0.25, 0.3) is 0 Å². The fraction of sp³-hybridized carbons (Fsp3) is 0.318. The van der Waals surface area contributed by atoms with Crippen LogP contribution in [0.1, 0.15) is 49.7 Å². The van der Waals surface area contributed by atoms with Gasteiger partial charge in [-0.05, 0) is 30.2 Å². The molecule has 140 valence electrons. The van der Waals surface area contributed by atoms with Gasteiger partial charge in [-0.15, -0.1) is 0 Å². The maximum absolute atomic E-state index is 9.60. The molecule has 0 saturated heterocycles. The Labute approximate surface area is 160 Å². The molecule has 3 rings (SSSR count). The van der Waals surface area contributed by atoms with Gasteiger partial charge in [-0.3, -0.25) is 0 Å². The van der Waals surface area contributed by atoms with Gasteiger partial charge < -0.3 is 20.9 Å². The highest BCUT2D eigenvalue weighted by Crippen LogP contribution is 2.42. The number of benzene rings is 2. The SMILES string of the molecule is CCCCCCOc1ccc([C@@H]2C(C#N)=C(N)Oc3cc(N)ccc32)cc1. The molecule has 5 heteroatoms. The summed E-state index contributed by atoms with van der Waals surface area (Å²) >= 11 is 0. The predicted molar refractivity (Wildman–Crippen MR) is 106 cm³/mol. The van der Waals surface area contributed by atoms with Crippen molar-refractivity contribution >= 4 is 5.69 Å². The first-order valence-corrected chi connectivity index (χ1v) is 9.33. The minimum Gasteiger partial charge on any atom is -0.494 e. The van der Waals surface area contributed by atoms with Crippen LogP contribution in [0.2, 0.25) is 0 Å². The minimum atomic E-state index is -0.280. The van der Waals surface area contributed by atoms with Crippen LogP contribution in [0.5, 0.6) is 11.5 Å². The Hall–Kier alpha value is -3.13. The van der Waals surface area contributed by atoms with Crippen LogP contribution in [0, 0.1) is 11.3 Å². The van der Waals surface area contributed by atoms with E-state index in [0.717, 1.165) is 29.9 Å². The number of hydrogen-bond acceptors (Lipinski definition) is 5. The molecule has 2 aromatic rings. The first-order chi connectivity index (χ1) is 13.1. The molecule has 0 fully saturated rings. The topological polar surface area (TPSA) is 94.3 Å². The highest BCUT2D eigenvalue weighted by atomic mass is 16.5. The second-order valence-corrected chi connectivity index (χ2v) is 6.70. The summed E-state index contributed by atoms with van der Waals surface area (Å²) in [6.07, 6.45) is 4.69. The number of rotatable bonds is 7. The summed E-state index contributed by atoms with van der Waals surface area (Å²) < 4.78 is 11.4. The van der Waals surface area contributed by atoms with E-state index in [4.69, 9.17) is 20.9 Å². The fourth-order valence-electron chi connectivity index (χ4n) is 3.29. The number of nitrogens with zero attached hydrogens (tertiary/aromatic N) is 1. The van der Waals surface area contributed by atoms with Gasteiger partial charge in [0.05, 0.1) is 12.5 Å². The number of unbranched alkanes of at least 4 members (excludes halogenated alkanes) is 3. The Kier molecular flexibility index (Phi) is 5.87. The van der Waals surface area contributed by atoms with Gasteiger partial charge in [0.15, 0.2) is 0 Å². The van der Waals surface area contributed by atoms with Crippen LogP contribution in [0.15, 0.2) is 53.9 Å². The maximum atomic E-state index is 9.60. The van der Waals surface area contributed by atoms with Crippen molar-refractivity contribution < 1.29 is 9.47 Å². The first kappa shape index (κ1) is 18.7. The van der Waals surface area contributed by atoms with Gasteiger partial charge >= 0.3 is 0 Å². The molecule has 0 aromatic heterocycles. The molecule has 0 aliphatic carbocycles. The lowest BCUT2D eigenvalue weighted by Gasteiger charge is -2.26. The molecule has 2 aromatic carbocycles. The number of nitrogens with two attached hydrogens (primary N) is 2. The van der Waals surface area contributed by atoms with Crippen molar-refractivity contribution in [3.05, 3.63) is 65.0 Å². The Morgan fingerprint density at radius 1 is 1.07 bits per heavy atom. The van der Waals surface area contributed by atoms with E-state index in [1.807, 2.05) is 30.3 Å². The van der Waals surface area contributed by atoms with Crippen molar-refractivity contribution in [1.82, 2.24) is 0 Å². The maximum Gasteiger partial charge on any atom is 0.205 e. The van der Waals surface area contributed by atoms with Crippen molar-refractivity contribution in [2.45, 2.75) is 38.5 Å². The third kappa shape index (κ3) is 4.17. The van der Waals surface area contributed by atoms with Gasteiger partial charge in [0.2, 0.25) is 5.88 Å². The fourth-order valence-corrected chi connectivity index (χ4v) is 3.29. The van der Waals surface area contributed by atoms with Crippen LogP contribution in [-0.2, 0) is 0 Å². The van der Waals surface area contributed by atoms with E-state index in [1.54, 1.807) is 12.1 Å². The van der Waals surface area contributed by atoms with E-state index in [9.17, 15) is 5.26 Å². The van der Waals surface area contributed by atoms with E-state index in [1.165, 1.54) is 19.3 Å². The number of nitriles is 1. The van der Waals surface area contributed by atoms with Gasteiger partial charge in [-0.2, -0.15) is 5.26 Å². The predicted octanol–water partition coefficient (Wildman–Crippen LogP) is 4.45. The third-order valence-corrected chi connectivity index (χ3v) is 4.72. The largest absolute Gasteiger partial charge is 0.494 e. The van der Waals surface area contributed by atoms with E-state index in [2.05, 4.69) is 13.0 Å². The lowest BCUT2D eigenvalue weighted by molar-refractivity contribution is 0.305. The lowest BCUT2D eigenvalue weighted by atomic mass is 9.83. The van der Waals surface area contributed by atoms with Crippen LogP contribution in [0.3, 0.4) is 0 Å². The second-order valence-electron chi connectivity index (χ2n) is 6.70. The van der Waals surface area contributed by atoms with Gasteiger partial charge in [-0.25, -0.2) is 0 Å². The molecular formula is C22H25N3O2. The van der Waals surface area contributed by atoms with Crippen LogP contribution < -0.4 is 20.9 Å². The average molecular weight is 363 g/mol.